The molecule has 25 heavy (non-hydrogen) atoms. The van der Waals surface area contributed by atoms with Crippen molar-refractivity contribution in [1.29, 1.82) is 0 Å². The maximum Gasteiger partial charge on any atom is 0.246 e. The summed E-state index contributed by atoms with van der Waals surface area (Å²) in [7, 11) is 0. The average molecular weight is 336 g/mol. The van der Waals surface area contributed by atoms with Crippen molar-refractivity contribution in [3.05, 3.63) is 71.8 Å². The van der Waals surface area contributed by atoms with Gasteiger partial charge in [0.05, 0.1) is 5.92 Å². The summed E-state index contributed by atoms with van der Waals surface area (Å²) in [6.07, 6.45) is 2.46. The summed E-state index contributed by atoms with van der Waals surface area (Å²) in [6, 6.07) is 20.0. The van der Waals surface area contributed by atoms with Crippen LogP contribution >= 0.6 is 0 Å². The van der Waals surface area contributed by atoms with E-state index in [0.717, 1.165) is 5.56 Å². The standard InChI is InChI=1S/C21H24N2O2/c1-3-25-21(18-12-8-5-9-13-18)14-19(21)20(24)23-22-15-16(2)17-10-6-4-7-11-17/h4-13,15-16,19H,3,14H2,1-2H3,(H,23,24)/b22-15-/t16-,19+,21-/m0/s1. The van der Waals surface area contributed by atoms with Crippen molar-refractivity contribution in [2.45, 2.75) is 31.8 Å². The Morgan fingerprint density at radius 2 is 1.88 bits per heavy atom. The van der Waals surface area contributed by atoms with E-state index in [0.29, 0.717) is 13.0 Å². The van der Waals surface area contributed by atoms with Crippen molar-refractivity contribution >= 4 is 12.1 Å². The highest BCUT2D eigenvalue weighted by Gasteiger charge is 2.60. The number of hydrogen-bond acceptors (Lipinski definition) is 3. The molecule has 2 aromatic carbocycles. The van der Waals surface area contributed by atoms with Crippen molar-refractivity contribution in [2.24, 2.45) is 11.0 Å². The SMILES string of the molecule is CCO[C@]1(c2ccccc2)C[C@@H]1C(=O)N/N=C\[C@H](C)c1ccccc1. The fourth-order valence-corrected chi connectivity index (χ4v) is 3.22. The molecular formula is C21H24N2O2. The molecule has 1 aliphatic carbocycles. The van der Waals surface area contributed by atoms with Crippen LogP contribution in [0.15, 0.2) is 65.8 Å². The lowest BCUT2D eigenvalue weighted by Gasteiger charge is -2.17. The van der Waals surface area contributed by atoms with Gasteiger partial charge < -0.3 is 4.74 Å². The summed E-state index contributed by atoms with van der Waals surface area (Å²) in [5.74, 6) is -0.140. The first-order valence-electron chi connectivity index (χ1n) is 8.75. The van der Waals surface area contributed by atoms with E-state index in [-0.39, 0.29) is 17.7 Å². The van der Waals surface area contributed by atoms with Gasteiger partial charge in [-0.05, 0) is 24.5 Å². The Morgan fingerprint density at radius 3 is 2.52 bits per heavy atom. The average Bonchev–Trinajstić information content (AvgIpc) is 3.39. The van der Waals surface area contributed by atoms with Gasteiger partial charge in [0.2, 0.25) is 5.91 Å². The number of nitrogens with zero attached hydrogens (tertiary/aromatic N) is 1. The van der Waals surface area contributed by atoms with Gasteiger partial charge in [-0.3, -0.25) is 4.79 Å². The highest BCUT2D eigenvalue weighted by atomic mass is 16.5. The lowest BCUT2D eigenvalue weighted by Crippen LogP contribution is -2.26. The minimum Gasteiger partial charge on any atom is -0.370 e. The Labute approximate surface area is 148 Å². The quantitative estimate of drug-likeness (QED) is 0.617. The third kappa shape index (κ3) is 3.80. The summed E-state index contributed by atoms with van der Waals surface area (Å²) >= 11 is 0. The Hall–Kier alpha value is -2.46. The first kappa shape index (κ1) is 17.4. The fraction of sp³-hybridized carbons (Fsp3) is 0.333. The zero-order valence-corrected chi connectivity index (χ0v) is 14.7. The molecule has 0 spiro atoms. The van der Waals surface area contributed by atoms with Crippen molar-refractivity contribution in [3.8, 4) is 0 Å². The molecule has 0 unspecified atom stereocenters. The van der Waals surface area contributed by atoms with Crippen LogP contribution in [-0.4, -0.2) is 18.7 Å². The van der Waals surface area contributed by atoms with Crippen LogP contribution in [-0.2, 0) is 15.1 Å². The van der Waals surface area contributed by atoms with Crippen LogP contribution in [0, 0.1) is 5.92 Å². The van der Waals surface area contributed by atoms with Crippen molar-refractivity contribution < 1.29 is 9.53 Å². The van der Waals surface area contributed by atoms with Crippen LogP contribution in [0.25, 0.3) is 0 Å². The van der Waals surface area contributed by atoms with E-state index in [1.165, 1.54) is 5.56 Å². The van der Waals surface area contributed by atoms with Gasteiger partial charge in [0, 0.05) is 18.7 Å². The third-order valence-electron chi connectivity index (χ3n) is 4.69. The van der Waals surface area contributed by atoms with Crippen LogP contribution in [0.5, 0.6) is 0 Å². The molecule has 130 valence electrons. The molecule has 1 fully saturated rings. The summed E-state index contributed by atoms with van der Waals surface area (Å²) in [6.45, 7) is 4.58. The first-order valence-corrected chi connectivity index (χ1v) is 8.75. The van der Waals surface area contributed by atoms with E-state index in [1.807, 2.05) is 55.5 Å². The fourth-order valence-electron chi connectivity index (χ4n) is 3.22. The monoisotopic (exact) mass is 336 g/mol. The Bertz CT molecular complexity index is 730. The first-order chi connectivity index (χ1) is 12.2. The van der Waals surface area contributed by atoms with E-state index in [2.05, 4.69) is 29.6 Å². The van der Waals surface area contributed by atoms with Gasteiger partial charge in [0.15, 0.2) is 0 Å². The number of rotatable bonds is 7. The predicted octanol–water partition coefficient (Wildman–Crippen LogP) is 3.84. The second-order valence-corrected chi connectivity index (χ2v) is 6.40. The Balaban J connectivity index is 1.61. The van der Waals surface area contributed by atoms with Gasteiger partial charge in [-0.2, -0.15) is 5.10 Å². The minimum absolute atomic E-state index is 0.0891. The molecule has 0 aromatic heterocycles. The van der Waals surface area contributed by atoms with Crippen molar-refractivity contribution in [3.63, 3.8) is 0 Å². The smallest absolute Gasteiger partial charge is 0.246 e. The van der Waals surface area contributed by atoms with E-state index >= 15 is 0 Å². The number of benzene rings is 2. The van der Waals surface area contributed by atoms with Crippen LogP contribution in [0.2, 0.25) is 0 Å². The predicted molar refractivity (Wildman–Crippen MR) is 99.3 cm³/mol. The van der Waals surface area contributed by atoms with E-state index in [1.54, 1.807) is 6.21 Å². The summed E-state index contributed by atoms with van der Waals surface area (Å²) in [5.41, 5.74) is 4.40. The van der Waals surface area contributed by atoms with Crippen molar-refractivity contribution in [2.75, 3.05) is 6.61 Å². The van der Waals surface area contributed by atoms with Crippen LogP contribution < -0.4 is 5.43 Å². The zero-order valence-electron chi connectivity index (χ0n) is 14.7. The lowest BCUT2D eigenvalue weighted by atomic mass is 10.0. The molecule has 0 radical (unpaired) electrons. The number of hydrazone groups is 1. The summed E-state index contributed by atoms with van der Waals surface area (Å²) in [4.78, 5) is 12.5. The van der Waals surface area contributed by atoms with Gasteiger partial charge in [0.25, 0.3) is 0 Å². The van der Waals surface area contributed by atoms with E-state index in [9.17, 15) is 4.79 Å². The van der Waals surface area contributed by atoms with Crippen LogP contribution in [0.4, 0.5) is 0 Å². The van der Waals surface area contributed by atoms with Crippen LogP contribution in [0.3, 0.4) is 0 Å². The molecule has 1 N–H and O–H groups in total. The van der Waals surface area contributed by atoms with Gasteiger partial charge in [-0.15, -0.1) is 0 Å². The lowest BCUT2D eigenvalue weighted by molar-refractivity contribution is -0.124. The molecule has 4 nitrogen and oxygen atoms in total. The molecule has 1 aliphatic rings. The third-order valence-corrected chi connectivity index (χ3v) is 4.69. The van der Waals surface area contributed by atoms with E-state index < -0.39 is 5.60 Å². The highest BCUT2D eigenvalue weighted by Crippen LogP contribution is 2.55. The Kier molecular flexibility index (Phi) is 5.29. The molecular weight excluding hydrogens is 312 g/mol. The molecule has 3 rings (SSSR count). The van der Waals surface area contributed by atoms with Gasteiger partial charge in [-0.25, -0.2) is 5.43 Å². The van der Waals surface area contributed by atoms with E-state index in [4.69, 9.17) is 4.74 Å². The number of hydrogen-bond donors (Lipinski definition) is 1. The molecule has 0 saturated heterocycles. The second-order valence-electron chi connectivity index (χ2n) is 6.40. The number of ether oxygens (including phenoxy) is 1. The minimum atomic E-state index is -0.499. The molecule has 3 atom stereocenters. The molecule has 4 heteroatoms. The van der Waals surface area contributed by atoms with Crippen molar-refractivity contribution in [1.82, 2.24) is 5.43 Å². The topological polar surface area (TPSA) is 50.7 Å². The summed E-state index contributed by atoms with van der Waals surface area (Å²) in [5, 5.41) is 4.15. The number of nitrogens with one attached hydrogen (secondary N) is 1. The normalized spacial score (nSPS) is 23.4. The maximum atomic E-state index is 12.5. The maximum absolute atomic E-state index is 12.5. The molecule has 1 amide bonds. The number of carbonyl (C=O) groups excluding carboxylic acids is 1. The van der Waals surface area contributed by atoms with Crippen LogP contribution in [0.1, 0.15) is 37.3 Å². The molecule has 0 bridgehead atoms. The second kappa shape index (κ2) is 7.62. The zero-order chi connectivity index (χ0) is 17.7. The Morgan fingerprint density at radius 1 is 1.24 bits per heavy atom. The molecule has 2 aromatic rings. The van der Waals surface area contributed by atoms with Gasteiger partial charge in [0.1, 0.15) is 5.60 Å². The number of amides is 1. The molecule has 0 heterocycles. The molecule has 0 aliphatic heterocycles. The van der Waals surface area contributed by atoms with Gasteiger partial charge >= 0.3 is 0 Å². The highest BCUT2D eigenvalue weighted by molar-refractivity contribution is 5.84. The molecule has 1 saturated carbocycles. The number of carbonyl (C=O) groups is 1. The summed E-state index contributed by atoms with van der Waals surface area (Å²) < 4.78 is 5.94. The van der Waals surface area contributed by atoms with Gasteiger partial charge in [-0.1, -0.05) is 67.6 Å². The largest absolute Gasteiger partial charge is 0.370 e.